The van der Waals surface area contributed by atoms with E-state index in [1.165, 1.54) is 0 Å². The molecule has 0 aromatic carbocycles. The quantitative estimate of drug-likeness (QED) is 0.0330. The summed E-state index contributed by atoms with van der Waals surface area (Å²) < 4.78 is 48.2. The van der Waals surface area contributed by atoms with Gasteiger partial charge in [0.25, 0.3) is 0 Å². The summed E-state index contributed by atoms with van der Waals surface area (Å²) >= 11 is 0.942. The van der Waals surface area contributed by atoms with Gasteiger partial charge in [0.15, 0.2) is 18.3 Å². The number of rotatable bonds is 30. The number of ether oxygens (including phenoxy) is 9. The number of esters is 8. The van der Waals surface area contributed by atoms with Gasteiger partial charge in [-0.05, 0) is 51.4 Å². The summed E-state index contributed by atoms with van der Waals surface area (Å²) in [5.74, 6) is -5.33. The molecule has 17 nitrogen and oxygen atoms in total. The second kappa shape index (κ2) is 30.3. The summed E-state index contributed by atoms with van der Waals surface area (Å²) in [5, 5.41) is 0. The zero-order chi connectivity index (χ0) is 41.6. The first-order valence-corrected chi connectivity index (χ1v) is 19.1. The summed E-state index contributed by atoms with van der Waals surface area (Å²) in [4.78, 5) is 96.6. The minimum Gasteiger partial charge on any atom is -0.463 e. The highest BCUT2D eigenvalue weighted by molar-refractivity contribution is 7.99. The van der Waals surface area contributed by atoms with Crippen molar-refractivity contribution in [1.29, 1.82) is 0 Å². The Balaban J connectivity index is 3.07. The van der Waals surface area contributed by atoms with E-state index >= 15 is 0 Å². The van der Waals surface area contributed by atoms with Gasteiger partial charge in [-0.25, -0.2) is 19.2 Å². The maximum Gasteiger partial charge on any atom is 0.330 e. The Kier molecular flexibility index (Phi) is 26.5. The van der Waals surface area contributed by atoms with E-state index in [1.807, 2.05) is 0 Å². The number of carbonyl (C=O) groups excluding carboxylic acids is 8. The standard InChI is InChI=1S/C38H52O17S/c1-5-28(39)47-21-13-9-17-32(43)52-26-56-38-37(55-35(46)20-12-16-24-50-31(42)8-4)36(54-34(45)19-11-15-23-49-30(41)7-3)27(25-51-38)53-33(44)18-10-14-22-48-29(40)6-2/h5-8,27,36-38H,1-4,9-26H2/t27-,36+,37-,38?/m1/s1. The number of thioether (sulfide) groups is 1. The smallest absolute Gasteiger partial charge is 0.330 e. The predicted octanol–water partition coefficient (Wildman–Crippen LogP) is 3.91. The van der Waals surface area contributed by atoms with Crippen molar-refractivity contribution in [2.45, 2.75) is 101 Å². The van der Waals surface area contributed by atoms with E-state index in [4.69, 9.17) is 42.6 Å². The predicted molar refractivity (Wildman–Crippen MR) is 198 cm³/mol. The van der Waals surface area contributed by atoms with E-state index in [1.54, 1.807) is 0 Å². The second-order valence-corrected chi connectivity index (χ2v) is 12.8. The van der Waals surface area contributed by atoms with Crippen LogP contribution in [0.5, 0.6) is 0 Å². The summed E-state index contributed by atoms with van der Waals surface area (Å²) in [7, 11) is 0. The van der Waals surface area contributed by atoms with Gasteiger partial charge in [0.2, 0.25) is 0 Å². The molecule has 0 aromatic heterocycles. The largest absolute Gasteiger partial charge is 0.463 e. The lowest BCUT2D eigenvalue weighted by molar-refractivity contribution is -0.216. The second-order valence-electron chi connectivity index (χ2n) is 11.8. The monoisotopic (exact) mass is 812 g/mol. The first-order valence-electron chi connectivity index (χ1n) is 18.1. The molecule has 0 N–H and O–H groups in total. The van der Waals surface area contributed by atoms with Crippen LogP contribution in [0.1, 0.15) is 77.0 Å². The van der Waals surface area contributed by atoms with Gasteiger partial charge in [0.05, 0.1) is 33.0 Å². The van der Waals surface area contributed by atoms with Crippen molar-refractivity contribution in [3.05, 3.63) is 50.6 Å². The van der Waals surface area contributed by atoms with E-state index in [9.17, 15) is 38.4 Å². The van der Waals surface area contributed by atoms with Crippen LogP contribution < -0.4 is 0 Å². The number of hydrogen-bond acceptors (Lipinski definition) is 18. The van der Waals surface area contributed by atoms with Crippen molar-refractivity contribution in [3.63, 3.8) is 0 Å². The third kappa shape index (κ3) is 23.1. The van der Waals surface area contributed by atoms with Gasteiger partial charge < -0.3 is 42.6 Å². The molecule has 0 aliphatic carbocycles. The molecule has 1 fully saturated rings. The number of unbranched alkanes of at least 4 members (excludes halogenated alkanes) is 4. The average molecular weight is 813 g/mol. The van der Waals surface area contributed by atoms with Crippen molar-refractivity contribution in [2.75, 3.05) is 39.0 Å². The fraction of sp³-hybridized carbons (Fsp3) is 0.579. The lowest BCUT2D eigenvalue weighted by atomic mass is 10.1. The zero-order valence-electron chi connectivity index (χ0n) is 31.5. The Hall–Kier alpha value is -4.97. The minimum atomic E-state index is -1.35. The lowest BCUT2D eigenvalue weighted by Gasteiger charge is -2.40. The van der Waals surface area contributed by atoms with Crippen molar-refractivity contribution < 1.29 is 81.0 Å². The SMILES string of the molecule is C=CC(=O)OCCCCC(=O)OCSC1OC[C@@H](OC(=O)CCCCOC(=O)C=C)[C@H](OC(=O)CCCCOC(=O)C=C)[C@H]1OC(=O)CCCCOC(=O)C=C. The molecule has 0 bridgehead atoms. The van der Waals surface area contributed by atoms with E-state index in [0.29, 0.717) is 38.5 Å². The highest BCUT2D eigenvalue weighted by atomic mass is 32.2. The summed E-state index contributed by atoms with van der Waals surface area (Å²) in [6, 6.07) is 0. The van der Waals surface area contributed by atoms with Crippen molar-refractivity contribution >= 4 is 59.5 Å². The van der Waals surface area contributed by atoms with Crippen molar-refractivity contribution in [2.24, 2.45) is 0 Å². The summed E-state index contributed by atoms with van der Waals surface area (Å²) in [6.07, 6.45) is 2.48. The molecule has 1 rings (SSSR count). The average Bonchev–Trinajstić information content (AvgIpc) is 3.18. The van der Waals surface area contributed by atoms with E-state index in [0.717, 1.165) is 36.1 Å². The zero-order valence-corrected chi connectivity index (χ0v) is 32.3. The van der Waals surface area contributed by atoms with E-state index < -0.39 is 71.5 Å². The topological polar surface area (TPSA) is 220 Å². The van der Waals surface area contributed by atoms with Crippen LogP contribution in [0, 0.1) is 0 Å². The molecule has 56 heavy (non-hydrogen) atoms. The Labute approximate surface area is 330 Å². The normalized spacial score (nSPS) is 17.1. The van der Waals surface area contributed by atoms with Gasteiger partial charge >= 0.3 is 47.8 Å². The molecule has 4 atom stereocenters. The molecule has 1 aliphatic heterocycles. The van der Waals surface area contributed by atoms with Crippen molar-refractivity contribution in [1.82, 2.24) is 0 Å². The van der Waals surface area contributed by atoms with Crippen LogP contribution in [0.25, 0.3) is 0 Å². The molecular formula is C38H52O17S. The highest BCUT2D eigenvalue weighted by Gasteiger charge is 2.48. The van der Waals surface area contributed by atoms with Crippen molar-refractivity contribution in [3.8, 4) is 0 Å². The van der Waals surface area contributed by atoms with Gasteiger partial charge in [-0.1, -0.05) is 38.1 Å². The molecule has 0 spiro atoms. The first kappa shape index (κ1) is 49.0. The third-order valence-electron chi connectivity index (χ3n) is 7.40. The lowest BCUT2D eigenvalue weighted by Crippen LogP contribution is -2.56. The van der Waals surface area contributed by atoms with E-state index in [-0.39, 0.29) is 77.5 Å². The molecule has 18 heteroatoms. The molecule has 1 unspecified atom stereocenters. The number of hydrogen-bond donors (Lipinski definition) is 0. The third-order valence-corrected chi connectivity index (χ3v) is 8.39. The van der Waals surface area contributed by atoms with Crippen LogP contribution in [0.3, 0.4) is 0 Å². The molecule has 0 saturated carbocycles. The van der Waals surface area contributed by atoms with Crippen LogP contribution in [0.15, 0.2) is 50.6 Å². The Morgan fingerprint density at radius 1 is 0.482 bits per heavy atom. The first-order chi connectivity index (χ1) is 26.9. The molecule has 0 aromatic rings. The van der Waals surface area contributed by atoms with Gasteiger partial charge in [0.1, 0.15) is 11.4 Å². The van der Waals surface area contributed by atoms with Crippen LogP contribution in [0.4, 0.5) is 0 Å². The highest BCUT2D eigenvalue weighted by Crippen LogP contribution is 2.32. The number of carbonyl (C=O) groups is 8. The molecule has 1 saturated heterocycles. The molecule has 312 valence electrons. The van der Waals surface area contributed by atoms with Gasteiger partial charge in [-0.15, -0.1) is 0 Å². The summed E-state index contributed by atoms with van der Waals surface area (Å²) in [6.45, 7) is 13.2. The molecule has 0 radical (unpaired) electrons. The molecule has 0 amide bonds. The van der Waals surface area contributed by atoms with Crippen LogP contribution in [-0.4, -0.2) is 110 Å². The molecule has 1 aliphatic rings. The van der Waals surface area contributed by atoms with Crippen LogP contribution in [0.2, 0.25) is 0 Å². The Morgan fingerprint density at radius 3 is 1.23 bits per heavy atom. The van der Waals surface area contributed by atoms with Crippen LogP contribution in [-0.2, 0) is 81.0 Å². The molecular weight excluding hydrogens is 760 g/mol. The fourth-order valence-electron chi connectivity index (χ4n) is 4.56. The van der Waals surface area contributed by atoms with Gasteiger partial charge in [-0.2, -0.15) is 0 Å². The molecule has 1 heterocycles. The fourth-order valence-corrected chi connectivity index (χ4v) is 5.46. The van der Waals surface area contributed by atoms with Gasteiger partial charge in [0, 0.05) is 50.0 Å². The van der Waals surface area contributed by atoms with Crippen LogP contribution >= 0.6 is 11.8 Å². The van der Waals surface area contributed by atoms with E-state index in [2.05, 4.69) is 26.3 Å². The van der Waals surface area contributed by atoms with Gasteiger partial charge in [-0.3, -0.25) is 19.2 Å². The minimum absolute atomic E-state index is 0.0278. The maximum absolute atomic E-state index is 13.1. The summed E-state index contributed by atoms with van der Waals surface area (Å²) in [5.41, 5.74) is -1.05. The maximum atomic E-state index is 13.1. The Morgan fingerprint density at radius 2 is 0.839 bits per heavy atom. The Bertz CT molecular complexity index is 1350.